The molecule has 1 aromatic rings. The molecular weight excluding hydrogens is 230 g/mol. The van der Waals surface area contributed by atoms with E-state index in [1.165, 1.54) is 38.6 Å². The molecule has 0 aromatic heterocycles. The molecule has 19 heavy (non-hydrogen) atoms. The Bertz CT molecular complexity index is 575. The minimum absolute atomic E-state index is 0.425. The fourth-order valence-corrected chi connectivity index (χ4v) is 5.85. The molecule has 1 saturated carbocycles. The summed E-state index contributed by atoms with van der Waals surface area (Å²) >= 11 is 0. The lowest BCUT2D eigenvalue weighted by Gasteiger charge is -2.66. The van der Waals surface area contributed by atoms with Gasteiger partial charge in [0.1, 0.15) is 0 Å². The molecule has 1 saturated heterocycles. The molecule has 98 valence electrons. The van der Waals surface area contributed by atoms with Gasteiger partial charge in [-0.2, -0.15) is 0 Å². The molecule has 1 nitrogen and oxygen atoms in total. The third-order valence-corrected chi connectivity index (χ3v) is 6.62. The first kappa shape index (κ1) is 10.7. The number of hydrogen-bond donors (Lipinski definition) is 1. The monoisotopic (exact) mass is 251 g/mol. The van der Waals surface area contributed by atoms with Gasteiger partial charge in [-0.05, 0) is 55.7 Å². The van der Waals surface area contributed by atoms with Crippen LogP contribution in [0.15, 0.2) is 36.4 Å². The molecule has 1 aliphatic heterocycles. The highest BCUT2D eigenvalue weighted by molar-refractivity contribution is 5.47. The first-order valence-electron chi connectivity index (χ1n) is 7.85. The van der Waals surface area contributed by atoms with Crippen LogP contribution in [0.25, 0.3) is 0 Å². The van der Waals surface area contributed by atoms with Gasteiger partial charge in [0, 0.05) is 16.9 Å². The van der Waals surface area contributed by atoms with Crippen molar-refractivity contribution in [3.63, 3.8) is 0 Å². The molecule has 0 amide bonds. The van der Waals surface area contributed by atoms with E-state index in [-0.39, 0.29) is 0 Å². The molecular formula is C18H21N. The van der Waals surface area contributed by atoms with Crippen molar-refractivity contribution in [2.24, 2.45) is 11.3 Å². The predicted molar refractivity (Wildman–Crippen MR) is 77.1 cm³/mol. The Hall–Kier alpha value is -1.08. The second-order valence-electron chi connectivity index (χ2n) is 7.10. The Morgan fingerprint density at radius 2 is 2.11 bits per heavy atom. The van der Waals surface area contributed by atoms with Crippen molar-refractivity contribution in [1.29, 1.82) is 0 Å². The van der Waals surface area contributed by atoms with Crippen LogP contribution < -0.4 is 5.32 Å². The zero-order valence-corrected chi connectivity index (χ0v) is 11.4. The number of benzene rings is 1. The Morgan fingerprint density at radius 1 is 1.16 bits per heavy atom. The molecule has 4 atom stereocenters. The van der Waals surface area contributed by atoms with Crippen LogP contribution in [0.4, 0.5) is 0 Å². The Balaban J connectivity index is 1.83. The predicted octanol–water partition coefficient (Wildman–Crippen LogP) is 3.20. The number of piperidine rings is 1. The van der Waals surface area contributed by atoms with Crippen molar-refractivity contribution < 1.29 is 0 Å². The Labute approximate surface area is 115 Å². The van der Waals surface area contributed by atoms with Crippen molar-refractivity contribution in [3.05, 3.63) is 47.5 Å². The number of rotatable bonds is 0. The van der Waals surface area contributed by atoms with Crippen molar-refractivity contribution in [3.8, 4) is 0 Å². The van der Waals surface area contributed by atoms with E-state index in [2.05, 4.69) is 41.7 Å². The lowest BCUT2D eigenvalue weighted by Crippen LogP contribution is -2.68. The first-order valence-corrected chi connectivity index (χ1v) is 7.85. The van der Waals surface area contributed by atoms with Crippen molar-refractivity contribution >= 4 is 0 Å². The summed E-state index contributed by atoms with van der Waals surface area (Å²) in [4.78, 5) is 0. The van der Waals surface area contributed by atoms with E-state index in [0.29, 0.717) is 16.9 Å². The molecule has 4 bridgehead atoms. The number of allylic oxidation sites excluding steroid dienone is 1. The largest absolute Gasteiger partial charge is 0.313 e. The fourth-order valence-electron chi connectivity index (χ4n) is 5.85. The standard InChI is InChI=1S/C18H21N/c1-2-4-15-14(3-1)11-16-17-7-5-13(6-8-17)12-18(15,17)9-10-19-16/h1-5,7,13,16,19H,6,8-12H2/t13?,16-,17+,18-/m1/s1. The summed E-state index contributed by atoms with van der Waals surface area (Å²) in [5, 5.41) is 3.85. The van der Waals surface area contributed by atoms with Crippen LogP contribution in [0.1, 0.15) is 36.8 Å². The van der Waals surface area contributed by atoms with Gasteiger partial charge in [-0.1, -0.05) is 36.4 Å². The van der Waals surface area contributed by atoms with E-state index < -0.39 is 0 Å². The normalized spacial score (nSPS) is 45.7. The maximum absolute atomic E-state index is 3.85. The number of hydrogen-bond acceptors (Lipinski definition) is 1. The maximum Gasteiger partial charge on any atom is 0.0207 e. The van der Waals surface area contributed by atoms with Gasteiger partial charge < -0.3 is 5.32 Å². The van der Waals surface area contributed by atoms with Gasteiger partial charge in [0.2, 0.25) is 0 Å². The molecule has 1 N–H and O–H groups in total. The molecule has 5 aliphatic rings. The van der Waals surface area contributed by atoms with Gasteiger partial charge in [0.25, 0.3) is 0 Å². The summed E-state index contributed by atoms with van der Waals surface area (Å²) in [7, 11) is 0. The Morgan fingerprint density at radius 3 is 3.00 bits per heavy atom. The summed E-state index contributed by atoms with van der Waals surface area (Å²) in [6.45, 7) is 1.21. The second-order valence-corrected chi connectivity index (χ2v) is 7.10. The smallest absolute Gasteiger partial charge is 0.0207 e. The van der Waals surface area contributed by atoms with Gasteiger partial charge in [0.15, 0.2) is 0 Å². The highest BCUT2D eigenvalue weighted by atomic mass is 15.0. The average molecular weight is 251 g/mol. The van der Waals surface area contributed by atoms with Crippen molar-refractivity contribution in [2.45, 2.75) is 43.6 Å². The highest BCUT2D eigenvalue weighted by Crippen LogP contribution is 2.65. The minimum atomic E-state index is 0.425. The summed E-state index contributed by atoms with van der Waals surface area (Å²) < 4.78 is 0. The van der Waals surface area contributed by atoms with Gasteiger partial charge in [-0.25, -0.2) is 0 Å². The summed E-state index contributed by atoms with van der Waals surface area (Å²) in [6.07, 6.45) is 11.9. The zero-order valence-electron chi connectivity index (χ0n) is 11.4. The quantitative estimate of drug-likeness (QED) is 0.698. The molecule has 1 heteroatoms. The topological polar surface area (TPSA) is 12.0 Å². The van der Waals surface area contributed by atoms with Gasteiger partial charge in [-0.3, -0.25) is 0 Å². The molecule has 4 aliphatic carbocycles. The molecule has 0 radical (unpaired) electrons. The summed E-state index contributed by atoms with van der Waals surface area (Å²) in [6, 6.07) is 9.97. The second kappa shape index (κ2) is 3.32. The van der Waals surface area contributed by atoms with E-state index in [1.807, 2.05) is 0 Å². The van der Waals surface area contributed by atoms with Crippen molar-refractivity contribution in [2.75, 3.05) is 6.54 Å². The lowest BCUT2D eigenvalue weighted by molar-refractivity contribution is -0.0143. The molecule has 1 unspecified atom stereocenters. The van der Waals surface area contributed by atoms with E-state index >= 15 is 0 Å². The molecule has 2 fully saturated rings. The van der Waals surface area contributed by atoms with Gasteiger partial charge in [0.05, 0.1) is 0 Å². The third kappa shape index (κ3) is 1.08. The molecule has 1 spiro atoms. The van der Waals surface area contributed by atoms with Crippen LogP contribution in [0.2, 0.25) is 0 Å². The molecule has 1 heterocycles. The summed E-state index contributed by atoms with van der Waals surface area (Å²) in [5.74, 6) is 0.840. The minimum Gasteiger partial charge on any atom is -0.313 e. The van der Waals surface area contributed by atoms with Crippen molar-refractivity contribution in [1.82, 2.24) is 5.32 Å². The highest BCUT2D eigenvalue weighted by Gasteiger charge is 2.63. The Kier molecular flexibility index (Phi) is 1.87. The lowest BCUT2D eigenvalue weighted by atomic mass is 9.41. The average Bonchev–Trinajstić information content (AvgIpc) is 2.47. The van der Waals surface area contributed by atoms with Crippen LogP contribution in [-0.4, -0.2) is 12.6 Å². The van der Waals surface area contributed by atoms with Crippen LogP contribution in [0.3, 0.4) is 0 Å². The van der Waals surface area contributed by atoms with E-state index in [0.717, 1.165) is 5.92 Å². The molecule has 1 aromatic carbocycles. The number of nitrogens with one attached hydrogen (secondary N) is 1. The number of fused-ring (bicyclic) bond motifs is 2. The maximum atomic E-state index is 3.85. The van der Waals surface area contributed by atoms with Crippen LogP contribution in [0, 0.1) is 11.3 Å². The van der Waals surface area contributed by atoms with E-state index in [1.54, 1.807) is 11.1 Å². The fraction of sp³-hybridized carbons (Fsp3) is 0.556. The van der Waals surface area contributed by atoms with Crippen LogP contribution in [0.5, 0.6) is 0 Å². The van der Waals surface area contributed by atoms with E-state index in [4.69, 9.17) is 0 Å². The third-order valence-electron chi connectivity index (χ3n) is 6.62. The molecule has 6 rings (SSSR count). The van der Waals surface area contributed by atoms with Gasteiger partial charge >= 0.3 is 0 Å². The SMILES string of the molecule is C1=C[C@@]23CCC1C[C@@]21CCN[C@@H]3Cc2ccccc21. The summed E-state index contributed by atoms with van der Waals surface area (Å²) in [5.41, 5.74) is 4.19. The van der Waals surface area contributed by atoms with E-state index in [9.17, 15) is 0 Å². The van der Waals surface area contributed by atoms with Gasteiger partial charge in [-0.15, -0.1) is 0 Å². The van der Waals surface area contributed by atoms with Crippen LogP contribution >= 0.6 is 0 Å². The van der Waals surface area contributed by atoms with Crippen LogP contribution in [-0.2, 0) is 11.8 Å². The zero-order chi connectivity index (χ0) is 12.5. The first-order chi connectivity index (χ1) is 9.34.